The summed E-state index contributed by atoms with van der Waals surface area (Å²) in [4.78, 5) is 85.0. The van der Waals surface area contributed by atoms with E-state index in [9.17, 15) is 50.5 Å². The molecule has 452 valence electrons. The van der Waals surface area contributed by atoms with Gasteiger partial charge in [0.05, 0.1) is 34.9 Å². The maximum absolute atomic E-state index is 14.4. The highest BCUT2D eigenvalue weighted by atomic mass is 32.2. The highest BCUT2D eigenvalue weighted by Crippen LogP contribution is 2.27. The van der Waals surface area contributed by atoms with Crippen molar-refractivity contribution in [3.8, 4) is 0 Å². The number of sulfonamides is 1. The molecule has 0 saturated carbocycles. The second-order valence-electron chi connectivity index (χ2n) is 21.2. The summed E-state index contributed by atoms with van der Waals surface area (Å²) in [6, 6.07) is 25.4. The van der Waals surface area contributed by atoms with Crippen LogP contribution in [0.5, 0.6) is 0 Å². The smallest absolute Gasteiger partial charge is 0.245 e. The third kappa shape index (κ3) is 20.2. The summed E-state index contributed by atoms with van der Waals surface area (Å²) in [7, 11) is -0.856. The number of likely N-dealkylation sites (tertiary alicyclic amines) is 2. The van der Waals surface area contributed by atoms with Gasteiger partial charge in [-0.2, -0.15) is 4.31 Å². The number of halogens is 2. The average molecular weight is 1190 g/mol. The molecule has 0 spiro atoms. The van der Waals surface area contributed by atoms with Crippen molar-refractivity contribution in [3.63, 3.8) is 0 Å². The molecule has 23 heteroatoms. The molecule has 0 bridgehead atoms. The van der Waals surface area contributed by atoms with Crippen LogP contribution in [0.4, 0.5) is 8.78 Å². The molecule has 2 aliphatic rings. The van der Waals surface area contributed by atoms with Gasteiger partial charge in [0, 0.05) is 70.7 Å². The first-order valence-corrected chi connectivity index (χ1v) is 31.3. The molecule has 4 aromatic carbocycles. The van der Waals surface area contributed by atoms with E-state index in [2.05, 4.69) is 31.9 Å². The van der Waals surface area contributed by atoms with Gasteiger partial charge in [-0.3, -0.25) is 28.8 Å². The first kappa shape index (κ1) is 65.8. The van der Waals surface area contributed by atoms with E-state index in [-0.39, 0.29) is 93.5 Å². The Bertz CT molecular complexity index is 2830. The van der Waals surface area contributed by atoms with Crippen molar-refractivity contribution in [2.45, 2.75) is 137 Å². The number of likely N-dealkylation sites (N-methyl/N-ethyl adjacent to an activating group) is 2. The van der Waals surface area contributed by atoms with Crippen molar-refractivity contribution >= 4 is 56.8 Å². The van der Waals surface area contributed by atoms with Gasteiger partial charge in [-0.05, 0) is 152 Å². The monoisotopic (exact) mass is 1190 g/mol. The lowest BCUT2D eigenvalue weighted by atomic mass is 10.1. The molecule has 0 aromatic heterocycles. The van der Waals surface area contributed by atoms with E-state index < -0.39 is 81.0 Å². The Kier molecular flexibility index (Phi) is 26.3. The van der Waals surface area contributed by atoms with Gasteiger partial charge in [0.1, 0.15) is 23.7 Å². The predicted octanol–water partition coefficient (Wildman–Crippen LogP) is 4.21. The maximum atomic E-state index is 14.4. The van der Waals surface area contributed by atoms with E-state index in [1.54, 1.807) is 37.7 Å². The SMILES string of the molecule is CN[C@@H](C)C(=O)N[C@@H](CCCNC(=O)CCC(=O)NCCC[C@H](NC(=O)[C@H](C)NC)C(=O)N1CCC[C@H]1CN(CCc1ccccc1)S(=O)(=O)c1ccc(F)cc1)C(=O)N1CCC[C@H]1CN(CCc1ccccc1)[S+]([O-])c1ccc(F)cc1. The Labute approximate surface area is 490 Å². The van der Waals surface area contributed by atoms with Crippen molar-refractivity contribution in [3.05, 3.63) is 132 Å². The van der Waals surface area contributed by atoms with Crippen LogP contribution in [0, 0.1) is 11.6 Å². The van der Waals surface area contributed by atoms with Crippen LogP contribution in [-0.2, 0) is 63.0 Å². The normalized spacial score (nSPS) is 17.2. The maximum Gasteiger partial charge on any atom is 0.245 e. The first-order chi connectivity index (χ1) is 39.9. The Hall–Kier alpha value is -6.34. The van der Waals surface area contributed by atoms with Gasteiger partial charge in [-0.15, -0.1) is 4.31 Å². The standard InChI is InChI=1S/C60H82F2N10O9S2/c1-43(63-3)57(75)67-53(59(77)71-37-13-19-49(71)41-69(39-33-45-15-7-5-8-16-45)82(79)51-27-23-47(61)24-28-51)21-11-35-65-55(73)31-32-56(74)66-36-12-22-54(68-58(76)44(2)64-4)60(78)72-38-14-20-50(72)42-70(40-34-46-17-9-6-10-18-46)83(80,81)52-29-25-48(62)26-30-52/h5-10,15-18,23-30,43-44,49-50,53-54,63-64H,11-14,19-22,31-42H2,1-4H3,(H,65,73)(H,66,74)(H,67,75)(H,68,76)/t43-,44-,49-,50-,53-,54-,82?/m0/s1. The molecular weight excluding hydrogens is 1110 g/mol. The zero-order valence-corrected chi connectivity index (χ0v) is 49.7. The number of amides is 6. The number of nitrogens with one attached hydrogen (secondary N) is 6. The lowest BCUT2D eigenvalue weighted by molar-refractivity contribution is -0.138. The van der Waals surface area contributed by atoms with E-state index in [4.69, 9.17) is 0 Å². The number of rotatable bonds is 33. The molecule has 4 aromatic rings. The number of hydrogen-bond donors (Lipinski definition) is 6. The summed E-state index contributed by atoms with van der Waals surface area (Å²) in [5, 5.41) is 17.2. The summed E-state index contributed by atoms with van der Waals surface area (Å²) in [5.74, 6) is -3.26. The van der Waals surface area contributed by atoms with Gasteiger partial charge in [0.25, 0.3) is 0 Å². The predicted molar refractivity (Wildman–Crippen MR) is 314 cm³/mol. The van der Waals surface area contributed by atoms with E-state index in [1.165, 1.54) is 40.7 Å². The van der Waals surface area contributed by atoms with Crippen LogP contribution in [0.15, 0.2) is 119 Å². The zero-order valence-electron chi connectivity index (χ0n) is 48.0. The Balaban J connectivity index is 0.994. The summed E-state index contributed by atoms with van der Waals surface area (Å²) in [6.07, 6.45) is 4.16. The Morgan fingerprint density at radius 1 is 0.627 bits per heavy atom. The molecule has 0 radical (unpaired) electrons. The Morgan fingerprint density at radius 3 is 1.52 bits per heavy atom. The fourth-order valence-corrected chi connectivity index (χ4v) is 12.9. The minimum atomic E-state index is -4.11. The zero-order chi connectivity index (χ0) is 59.9. The molecule has 2 saturated heterocycles. The second-order valence-corrected chi connectivity index (χ2v) is 24.6. The third-order valence-electron chi connectivity index (χ3n) is 15.3. The highest BCUT2D eigenvalue weighted by molar-refractivity contribution is 7.89. The molecule has 2 heterocycles. The van der Waals surface area contributed by atoms with Crippen LogP contribution in [0.2, 0.25) is 0 Å². The molecule has 0 aliphatic carbocycles. The van der Waals surface area contributed by atoms with Gasteiger partial charge in [-0.1, -0.05) is 60.7 Å². The molecule has 83 heavy (non-hydrogen) atoms. The number of benzene rings is 4. The summed E-state index contributed by atoms with van der Waals surface area (Å²) in [5.41, 5.74) is 1.97. The lowest BCUT2D eigenvalue weighted by Crippen LogP contribution is -2.55. The van der Waals surface area contributed by atoms with Gasteiger partial charge >= 0.3 is 0 Å². The van der Waals surface area contributed by atoms with Crippen molar-refractivity contribution < 1.29 is 50.5 Å². The number of carbonyl (C=O) groups excluding carboxylic acids is 6. The van der Waals surface area contributed by atoms with E-state index in [1.807, 2.05) is 65.0 Å². The average Bonchev–Trinajstić information content (AvgIpc) is 4.38. The quantitative estimate of drug-likeness (QED) is 0.0291. The molecule has 6 amide bonds. The number of hydrogen-bond acceptors (Lipinski definition) is 12. The van der Waals surface area contributed by atoms with Gasteiger partial charge in [-0.25, -0.2) is 17.2 Å². The van der Waals surface area contributed by atoms with Crippen molar-refractivity contribution in [1.29, 1.82) is 0 Å². The molecule has 2 fully saturated rings. The van der Waals surface area contributed by atoms with Crippen LogP contribution in [0.1, 0.15) is 89.2 Å². The van der Waals surface area contributed by atoms with Crippen molar-refractivity contribution in [1.82, 2.24) is 50.3 Å². The first-order valence-electron chi connectivity index (χ1n) is 28.7. The van der Waals surface area contributed by atoms with Crippen molar-refractivity contribution in [2.24, 2.45) is 0 Å². The van der Waals surface area contributed by atoms with Crippen LogP contribution in [-0.4, -0.2) is 170 Å². The topological polar surface area (TPSA) is 245 Å². The van der Waals surface area contributed by atoms with Gasteiger partial charge < -0.3 is 46.3 Å². The molecule has 1 unspecified atom stereocenters. The molecular formula is C60H82F2N10O9S2. The lowest BCUT2D eigenvalue weighted by Gasteiger charge is -2.33. The molecule has 6 rings (SSSR count). The molecule has 6 N–H and O–H groups in total. The van der Waals surface area contributed by atoms with Crippen LogP contribution < -0.4 is 31.9 Å². The van der Waals surface area contributed by atoms with Crippen LogP contribution in [0.3, 0.4) is 0 Å². The van der Waals surface area contributed by atoms with Gasteiger partial charge in [0.15, 0.2) is 4.90 Å². The summed E-state index contributed by atoms with van der Waals surface area (Å²) < 4.78 is 73.1. The van der Waals surface area contributed by atoms with Gasteiger partial charge in [0.2, 0.25) is 45.5 Å². The fourth-order valence-electron chi connectivity index (χ4n) is 10.1. The molecule has 19 nitrogen and oxygen atoms in total. The summed E-state index contributed by atoms with van der Waals surface area (Å²) >= 11 is -1.66. The minimum Gasteiger partial charge on any atom is -0.593 e. The highest BCUT2D eigenvalue weighted by Gasteiger charge is 2.39. The number of nitrogens with zero attached hydrogens (tertiary/aromatic N) is 4. The number of carbonyl (C=O) groups is 6. The molecule has 7 atom stereocenters. The second kappa shape index (κ2) is 33.2. The van der Waals surface area contributed by atoms with Crippen LogP contribution >= 0.6 is 0 Å². The van der Waals surface area contributed by atoms with E-state index >= 15 is 0 Å². The minimum absolute atomic E-state index is 0.0205. The third-order valence-corrected chi connectivity index (χ3v) is 18.6. The van der Waals surface area contributed by atoms with E-state index in [0.29, 0.717) is 69.5 Å². The van der Waals surface area contributed by atoms with Crippen LogP contribution in [0.25, 0.3) is 0 Å². The molecule has 2 aliphatic heterocycles. The fraction of sp³-hybridized carbons (Fsp3) is 0.500. The summed E-state index contributed by atoms with van der Waals surface area (Å²) in [6.45, 7) is 5.18. The Morgan fingerprint density at radius 2 is 1.06 bits per heavy atom. The largest absolute Gasteiger partial charge is 0.593 e. The van der Waals surface area contributed by atoms with E-state index in [0.717, 1.165) is 23.3 Å². The van der Waals surface area contributed by atoms with Crippen molar-refractivity contribution in [2.75, 3.05) is 66.5 Å².